The number of carboxylic acid groups (broad SMARTS) is 1. The molecule has 2 aliphatic heterocycles. The van der Waals surface area contributed by atoms with Crippen LogP contribution in [0.2, 0.25) is 0 Å². The fourth-order valence-electron chi connectivity index (χ4n) is 2.84. The number of hydrogen-bond acceptors (Lipinski definition) is 4. The van der Waals surface area contributed by atoms with Gasteiger partial charge in [-0.3, -0.25) is 9.69 Å². The van der Waals surface area contributed by atoms with Gasteiger partial charge in [0.25, 0.3) is 0 Å². The molecular weight excluding hydrogens is 234 g/mol. The fraction of sp³-hybridized carbons (Fsp3) is 0.923. The Morgan fingerprint density at radius 1 is 1.56 bits per heavy atom. The van der Waals surface area contributed by atoms with Crippen LogP contribution in [0.15, 0.2) is 0 Å². The molecule has 0 aliphatic carbocycles. The summed E-state index contributed by atoms with van der Waals surface area (Å²) < 4.78 is 11.0. The third-order valence-electron chi connectivity index (χ3n) is 4.12. The Balaban J connectivity index is 2.07. The van der Waals surface area contributed by atoms with Crippen LogP contribution in [0.1, 0.15) is 26.7 Å². The van der Waals surface area contributed by atoms with E-state index in [1.807, 2.05) is 6.92 Å². The van der Waals surface area contributed by atoms with Gasteiger partial charge in [-0.1, -0.05) is 6.92 Å². The number of rotatable bonds is 4. The lowest BCUT2D eigenvalue weighted by Crippen LogP contribution is -2.54. The van der Waals surface area contributed by atoms with E-state index in [0.29, 0.717) is 38.8 Å². The number of nitrogens with zero attached hydrogens (tertiary/aromatic N) is 1. The second kappa shape index (κ2) is 5.55. The van der Waals surface area contributed by atoms with E-state index in [2.05, 4.69) is 11.8 Å². The van der Waals surface area contributed by atoms with E-state index >= 15 is 0 Å². The van der Waals surface area contributed by atoms with Crippen LogP contribution in [0.3, 0.4) is 0 Å². The highest BCUT2D eigenvalue weighted by atomic mass is 16.5. The third-order valence-corrected chi connectivity index (χ3v) is 4.12. The molecule has 0 aromatic rings. The summed E-state index contributed by atoms with van der Waals surface area (Å²) in [6, 6.07) is 0.332. The van der Waals surface area contributed by atoms with Gasteiger partial charge in [-0.15, -0.1) is 0 Å². The molecule has 2 rings (SSSR count). The van der Waals surface area contributed by atoms with Crippen LogP contribution < -0.4 is 0 Å². The highest BCUT2D eigenvalue weighted by molar-refractivity contribution is 5.75. The van der Waals surface area contributed by atoms with Crippen LogP contribution in [-0.4, -0.2) is 61.0 Å². The molecule has 2 fully saturated rings. The SMILES string of the molecule is CCC1COC(C)CN1CC1(C(=O)O)CCOC1. The normalized spacial score (nSPS) is 37.9. The van der Waals surface area contributed by atoms with Crippen molar-refractivity contribution in [2.24, 2.45) is 5.41 Å². The molecule has 5 heteroatoms. The topological polar surface area (TPSA) is 59.0 Å². The van der Waals surface area contributed by atoms with Crippen molar-refractivity contribution in [3.05, 3.63) is 0 Å². The average Bonchev–Trinajstić information content (AvgIpc) is 2.79. The molecule has 18 heavy (non-hydrogen) atoms. The summed E-state index contributed by atoms with van der Waals surface area (Å²) in [7, 11) is 0. The van der Waals surface area contributed by atoms with Crippen LogP contribution in [0.5, 0.6) is 0 Å². The maximum atomic E-state index is 11.5. The molecule has 3 atom stereocenters. The zero-order valence-corrected chi connectivity index (χ0v) is 11.2. The second-order valence-electron chi connectivity index (χ2n) is 5.52. The Bertz CT molecular complexity index is 301. The first-order valence-corrected chi connectivity index (χ1v) is 6.74. The predicted molar refractivity (Wildman–Crippen MR) is 66.6 cm³/mol. The highest BCUT2D eigenvalue weighted by Crippen LogP contribution is 2.32. The van der Waals surface area contributed by atoms with E-state index in [1.165, 1.54) is 0 Å². The quantitative estimate of drug-likeness (QED) is 0.813. The minimum Gasteiger partial charge on any atom is -0.481 e. The number of carboxylic acids is 1. The Morgan fingerprint density at radius 3 is 2.89 bits per heavy atom. The Kier molecular flexibility index (Phi) is 4.25. The second-order valence-corrected chi connectivity index (χ2v) is 5.52. The molecule has 1 N–H and O–H groups in total. The van der Waals surface area contributed by atoms with Crippen LogP contribution in [0.25, 0.3) is 0 Å². The maximum Gasteiger partial charge on any atom is 0.313 e. The Labute approximate surface area is 108 Å². The van der Waals surface area contributed by atoms with Crippen molar-refractivity contribution in [3.8, 4) is 0 Å². The standard InChI is InChI=1S/C13H23NO4/c1-3-11-7-18-10(2)6-14(11)8-13(12(15)16)4-5-17-9-13/h10-11H,3-9H2,1-2H3,(H,15,16). The molecule has 0 amide bonds. The molecule has 5 nitrogen and oxygen atoms in total. The van der Waals surface area contributed by atoms with Crippen molar-refractivity contribution in [3.63, 3.8) is 0 Å². The molecule has 104 valence electrons. The summed E-state index contributed by atoms with van der Waals surface area (Å²) in [6.07, 6.45) is 1.79. The molecule has 0 bridgehead atoms. The van der Waals surface area contributed by atoms with Gasteiger partial charge in [0.1, 0.15) is 5.41 Å². The van der Waals surface area contributed by atoms with Gasteiger partial charge in [0.15, 0.2) is 0 Å². The zero-order valence-electron chi connectivity index (χ0n) is 11.2. The number of ether oxygens (including phenoxy) is 2. The van der Waals surface area contributed by atoms with Gasteiger partial charge in [0.2, 0.25) is 0 Å². The predicted octanol–water partition coefficient (Wildman–Crippen LogP) is 0.977. The molecule has 0 radical (unpaired) electrons. The van der Waals surface area contributed by atoms with Gasteiger partial charge < -0.3 is 14.6 Å². The zero-order chi connectivity index (χ0) is 13.2. The van der Waals surface area contributed by atoms with E-state index in [4.69, 9.17) is 9.47 Å². The molecule has 0 aromatic carbocycles. The molecule has 0 saturated carbocycles. The molecule has 0 aromatic heterocycles. The lowest BCUT2D eigenvalue weighted by Gasteiger charge is -2.41. The Morgan fingerprint density at radius 2 is 2.33 bits per heavy atom. The van der Waals surface area contributed by atoms with Crippen LogP contribution in [-0.2, 0) is 14.3 Å². The van der Waals surface area contributed by atoms with Crippen molar-refractivity contribution in [1.29, 1.82) is 0 Å². The maximum absolute atomic E-state index is 11.5. The summed E-state index contributed by atoms with van der Waals surface area (Å²) in [6.45, 7) is 7.15. The molecule has 2 heterocycles. The molecule has 2 aliphatic rings. The largest absolute Gasteiger partial charge is 0.481 e. The van der Waals surface area contributed by atoms with Crippen molar-refractivity contribution in [2.45, 2.75) is 38.8 Å². The minimum atomic E-state index is -0.728. The van der Waals surface area contributed by atoms with E-state index in [1.54, 1.807) is 0 Å². The van der Waals surface area contributed by atoms with Crippen molar-refractivity contribution >= 4 is 5.97 Å². The number of carbonyl (C=O) groups is 1. The van der Waals surface area contributed by atoms with E-state index in [-0.39, 0.29) is 6.10 Å². The van der Waals surface area contributed by atoms with Gasteiger partial charge >= 0.3 is 5.97 Å². The number of hydrogen-bond donors (Lipinski definition) is 1. The van der Waals surface area contributed by atoms with Crippen molar-refractivity contribution in [2.75, 3.05) is 32.9 Å². The lowest BCUT2D eigenvalue weighted by atomic mass is 9.86. The van der Waals surface area contributed by atoms with Crippen molar-refractivity contribution < 1.29 is 19.4 Å². The third kappa shape index (κ3) is 2.68. The number of aliphatic carboxylic acids is 1. The van der Waals surface area contributed by atoms with Crippen molar-refractivity contribution in [1.82, 2.24) is 4.90 Å². The first-order chi connectivity index (χ1) is 8.57. The van der Waals surface area contributed by atoms with Crippen LogP contribution in [0, 0.1) is 5.41 Å². The Hall–Kier alpha value is -0.650. The average molecular weight is 257 g/mol. The first kappa shape index (κ1) is 13.8. The summed E-state index contributed by atoms with van der Waals surface area (Å²) in [5.74, 6) is -0.728. The monoisotopic (exact) mass is 257 g/mol. The van der Waals surface area contributed by atoms with Gasteiger partial charge in [-0.05, 0) is 19.8 Å². The summed E-state index contributed by atoms with van der Waals surface area (Å²) >= 11 is 0. The number of morpholine rings is 1. The molecule has 0 spiro atoms. The molecule has 3 unspecified atom stereocenters. The van der Waals surface area contributed by atoms with Crippen LogP contribution >= 0.6 is 0 Å². The van der Waals surface area contributed by atoms with E-state index in [9.17, 15) is 9.90 Å². The van der Waals surface area contributed by atoms with E-state index in [0.717, 1.165) is 13.0 Å². The smallest absolute Gasteiger partial charge is 0.313 e. The fourth-order valence-corrected chi connectivity index (χ4v) is 2.84. The summed E-state index contributed by atoms with van der Waals surface area (Å²) in [5.41, 5.74) is -0.718. The van der Waals surface area contributed by atoms with Crippen LogP contribution in [0.4, 0.5) is 0 Å². The molecular formula is C13H23NO4. The summed E-state index contributed by atoms with van der Waals surface area (Å²) in [4.78, 5) is 13.8. The summed E-state index contributed by atoms with van der Waals surface area (Å²) in [5, 5.41) is 9.48. The van der Waals surface area contributed by atoms with Gasteiger partial charge in [0.05, 0.1) is 19.3 Å². The van der Waals surface area contributed by atoms with Gasteiger partial charge in [-0.2, -0.15) is 0 Å². The van der Waals surface area contributed by atoms with E-state index < -0.39 is 11.4 Å². The first-order valence-electron chi connectivity index (χ1n) is 6.74. The minimum absolute atomic E-state index is 0.181. The molecule has 2 saturated heterocycles. The van der Waals surface area contributed by atoms with Gasteiger partial charge in [-0.25, -0.2) is 0 Å². The lowest BCUT2D eigenvalue weighted by molar-refractivity contribution is -0.153. The van der Waals surface area contributed by atoms with Gasteiger partial charge in [0, 0.05) is 25.7 Å². The highest BCUT2D eigenvalue weighted by Gasteiger charge is 2.45.